The highest BCUT2D eigenvalue weighted by Gasteiger charge is 2.15. The number of hydrogen-bond donors (Lipinski definition) is 2. The summed E-state index contributed by atoms with van der Waals surface area (Å²) in [6, 6.07) is 1.53. The van der Waals surface area contributed by atoms with Gasteiger partial charge in [0.1, 0.15) is 0 Å². The Morgan fingerprint density at radius 3 is 2.69 bits per heavy atom. The number of H-pyrrole nitrogens is 2. The lowest BCUT2D eigenvalue weighted by atomic mass is 10.1. The highest BCUT2D eigenvalue weighted by molar-refractivity contribution is 6.43. The number of nitrogens with zero attached hydrogens (tertiary/aromatic N) is 3. The van der Waals surface area contributed by atoms with Crippen molar-refractivity contribution in [3.8, 4) is 0 Å². The van der Waals surface area contributed by atoms with E-state index in [-0.39, 0.29) is 0 Å². The Balaban J connectivity index is 1.50. The molecule has 3 heterocycles. The molecule has 1 aliphatic rings. The number of hydrogen-bond acceptors (Lipinski definition) is 5. The van der Waals surface area contributed by atoms with E-state index >= 15 is 0 Å². The van der Waals surface area contributed by atoms with Gasteiger partial charge in [0.15, 0.2) is 0 Å². The van der Waals surface area contributed by atoms with E-state index in [1.807, 2.05) is 12.4 Å². The molecule has 0 radical (unpaired) electrons. The first-order valence-electron chi connectivity index (χ1n) is 9.46. The van der Waals surface area contributed by atoms with Crippen LogP contribution >= 0.6 is 23.2 Å². The number of aryl methyl sites for hydroxylation is 1. The molecule has 3 aromatic rings. The zero-order valence-electron chi connectivity index (χ0n) is 15.7. The highest BCUT2D eigenvalue weighted by atomic mass is 35.5. The van der Waals surface area contributed by atoms with Gasteiger partial charge in [-0.1, -0.05) is 23.2 Å². The fourth-order valence-corrected chi connectivity index (χ4v) is 3.97. The Kier molecular flexibility index (Phi) is 6.05. The Morgan fingerprint density at radius 1 is 1.14 bits per heavy atom. The van der Waals surface area contributed by atoms with Crippen LogP contribution in [0.15, 0.2) is 28.0 Å². The van der Waals surface area contributed by atoms with Crippen molar-refractivity contribution in [3.05, 3.63) is 60.3 Å². The van der Waals surface area contributed by atoms with Crippen LogP contribution in [0.2, 0.25) is 10.0 Å². The molecule has 0 saturated carbocycles. The minimum Gasteiger partial charge on any atom is -0.379 e. The number of aromatic amines is 2. The molecular weight excluding hydrogens is 417 g/mol. The zero-order valence-corrected chi connectivity index (χ0v) is 17.2. The van der Waals surface area contributed by atoms with Crippen LogP contribution in [0.5, 0.6) is 0 Å². The summed E-state index contributed by atoms with van der Waals surface area (Å²) in [6.45, 7) is 4.94. The van der Waals surface area contributed by atoms with Crippen molar-refractivity contribution in [2.75, 3.05) is 32.8 Å². The molecule has 29 heavy (non-hydrogen) atoms. The van der Waals surface area contributed by atoms with E-state index in [9.17, 15) is 9.59 Å². The largest absolute Gasteiger partial charge is 0.379 e. The third kappa shape index (κ3) is 4.56. The first-order valence-corrected chi connectivity index (χ1v) is 10.2. The first kappa shape index (κ1) is 20.2. The molecule has 2 N–H and O–H groups in total. The lowest BCUT2D eigenvalue weighted by Gasteiger charge is -2.26. The second-order valence-electron chi connectivity index (χ2n) is 7.09. The molecular formula is C19H21Cl2N5O3. The van der Waals surface area contributed by atoms with Gasteiger partial charge in [0, 0.05) is 24.8 Å². The molecule has 154 valence electrons. The SMILES string of the molecule is O=c1[nH]c2cc(Cl)c(Cl)c(Cn3cc(CCCN4CCOCC4)cn3)c2[nH]c1=O. The quantitative estimate of drug-likeness (QED) is 0.575. The summed E-state index contributed by atoms with van der Waals surface area (Å²) in [7, 11) is 0. The van der Waals surface area contributed by atoms with Crippen LogP contribution in [-0.4, -0.2) is 57.5 Å². The number of ether oxygens (including phenoxy) is 1. The van der Waals surface area contributed by atoms with Crippen LogP contribution in [0, 0.1) is 0 Å². The lowest BCUT2D eigenvalue weighted by molar-refractivity contribution is 0.0374. The van der Waals surface area contributed by atoms with E-state index in [4.69, 9.17) is 27.9 Å². The van der Waals surface area contributed by atoms with Gasteiger partial charge in [0.05, 0.1) is 47.0 Å². The van der Waals surface area contributed by atoms with Gasteiger partial charge in [-0.3, -0.25) is 19.2 Å². The minimum atomic E-state index is -0.735. The molecule has 1 fully saturated rings. The van der Waals surface area contributed by atoms with Crippen molar-refractivity contribution in [3.63, 3.8) is 0 Å². The summed E-state index contributed by atoms with van der Waals surface area (Å²) in [5.74, 6) is 0. The predicted molar refractivity (Wildman–Crippen MR) is 112 cm³/mol. The van der Waals surface area contributed by atoms with Gasteiger partial charge in [-0.25, -0.2) is 0 Å². The zero-order chi connectivity index (χ0) is 20.4. The Labute approximate surface area is 176 Å². The molecule has 0 unspecified atom stereocenters. The van der Waals surface area contributed by atoms with Crippen LogP contribution in [0.1, 0.15) is 17.5 Å². The average molecular weight is 438 g/mol. The summed E-state index contributed by atoms with van der Waals surface area (Å²) in [4.78, 5) is 30.9. The monoisotopic (exact) mass is 437 g/mol. The Hall–Kier alpha value is -2.13. The number of morpholine rings is 1. The smallest absolute Gasteiger partial charge is 0.314 e. The topological polar surface area (TPSA) is 96.0 Å². The molecule has 0 aliphatic carbocycles. The fourth-order valence-electron chi connectivity index (χ4n) is 3.53. The summed E-state index contributed by atoms with van der Waals surface area (Å²) < 4.78 is 7.12. The van der Waals surface area contributed by atoms with Crippen LogP contribution in [0.4, 0.5) is 0 Å². The Bertz CT molecular complexity index is 1130. The molecule has 10 heteroatoms. The van der Waals surface area contributed by atoms with Gasteiger partial charge in [-0.2, -0.15) is 5.10 Å². The maximum Gasteiger partial charge on any atom is 0.314 e. The van der Waals surface area contributed by atoms with Crippen molar-refractivity contribution in [2.24, 2.45) is 0 Å². The molecule has 0 amide bonds. The summed E-state index contributed by atoms with van der Waals surface area (Å²) in [6.07, 6.45) is 5.77. The standard InChI is InChI=1S/C19H21Cl2N5O3/c20-14-8-15-17(24-19(28)18(27)23-15)13(16(14)21)11-26-10-12(9-22-26)2-1-3-25-4-6-29-7-5-25/h8-10H,1-7,11H2,(H,23,27)(H,24,28). The second kappa shape index (κ2) is 8.71. The number of fused-ring (bicyclic) bond motifs is 1. The van der Waals surface area contributed by atoms with Gasteiger partial charge < -0.3 is 14.7 Å². The van der Waals surface area contributed by atoms with Crippen LogP contribution < -0.4 is 11.1 Å². The number of halogens is 2. The molecule has 8 nitrogen and oxygen atoms in total. The number of aromatic nitrogens is 4. The van der Waals surface area contributed by atoms with Crippen molar-refractivity contribution in [2.45, 2.75) is 19.4 Å². The molecule has 2 aromatic heterocycles. The normalized spacial score (nSPS) is 15.2. The van der Waals surface area contributed by atoms with Crippen molar-refractivity contribution < 1.29 is 4.74 Å². The number of benzene rings is 1. The molecule has 4 rings (SSSR count). The van der Waals surface area contributed by atoms with Crippen molar-refractivity contribution in [1.29, 1.82) is 0 Å². The van der Waals surface area contributed by atoms with E-state index in [1.165, 1.54) is 6.07 Å². The summed E-state index contributed by atoms with van der Waals surface area (Å²) in [5, 5.41) is 5.04. The van der Waals surface area contributed by atoms with Gasteiger partial charge >= 0.3 is 11.1 Å². The van der Waals surface area contributed by atoms with Crippen LogP contribution in [0.25, 0.3) is 11.0 Å². The maximum absolute atomic E-state index is 11.8. The summed E-state index contributed by atoms with van der Waals surface area (Å²) >= 11 is 12.6. The number of nitrogens with one attached hydrogen (secondary N) is 2. The van der Waals surface area contributed by atoms with E-state index in [0.29, 0.717) is 33.2 Å². The third-order valence-electron chi connectivity index (χ3n) is 5.06. The van der Waals surface area contributed by atoms with Gasteiger partial charge in [0.25, 0.3) is 0 Å². The van der Waals surface area contributed by atoms with E-state index in [1.54, 1.807) is 4.68 Å². The molecule has 0 bridgehead atoms. The predicted octanol–water partition coefficient (Wildman–Crippen LogP) is 2.03. The molecule has 1 saturated heterocycles. The van der Waals surface area contributed by atoms with E-state index in [2.05, 4.69) is 20.0 Å². The fraction of sp³-hybridized carbons (Fsp3) is 0.421. The van der Waals surface area contributed by atoms with Crippen LogP contribution in [0.3, 0.4) is 0 Å². The molecule has 0 spiro atoms. The average Bonchev–Trinajstić information content (AvgIpc) is 3.15. The molecule has 1 aliphatic heterocycles. The number of rotatable bonds is 6. The summed E-state index contributed by atoms with van der Waals surface area (Å²) in [5.41, 5.74) is 1.14. The lowest BCUT2D eigenvalue weighted by Crippen LogP contribution is -2.36. The minimum absolute atomic E-state index is 0.301. The van der Waals surface area contributed by atoms with Crippen molar-refractivity contribution >= 4 is 34.2 Å². The van der Waals surface area contributed by atoms with Crippen molar-refractivity contribution in [1.82, 2.24) is 24.6 Å². The first-order chi connectivity index (χ1) is 14.0. The molecule has 1 aromatic carbocycles. The molecule has 0 atom stereocenters. The maximum atomic E-state index is 11.8. The van der Waals surface area contributed by atoms with Crippen LogP contribution in [-0.2, 0) is 17.7 Å². The third-order valence-corrected chi connectivity index (χ3v) is 5.89. The Morgan fingerprint density at radius 2 is 1.90 bits per heavy atom. The highest BCUT2D eigenvalue weighted by Crippen LogP contribution is 2.31. The van der Waals surface area contributed by atoms with E-state index in [0.717, 1.165) is 51.3 Å². The van der Waals surface area contributed by atoms with Gasteiger partial charge in [-0.05, 0) is 31.0 Å². The van der Waals surface area contributed by atoms with Gasteiger partial charge in [-0.15, -0.1) is 0 Å². The van der Waals surface area contributed by atoms with E-state index < -0.39 is 11.1 Å². The van der Waals surface area contributed by atoms with Gasteiger partial charge in [0.2, 0.25) is 0 Å². The second-order valence-corrected chi connectivity index (χ2v) is 7.87.